The van der Waals surface area contributed by atoms with Crippen LogP contribution in [0.3, 0.4) is 0 Å². The molecule has 4 aromatic rings. The minimum Gasteiger partial charge on any atom is -0.481 e. The Labute approximate surface area is 232 Å². The molecule has 0 radical (unpaired) electrons. The van der Waals surface area contributed by atoms with Crippen molar-refractivity contribution in [1.82, 2.24) is 15.2 Å². The van der Waals surface area contributed by atoms with Crippen molar-refractivity contribution >= 4 is 17.8 Å². The topological polar surface area (TPSA) is 120 Å². The summed E-state index contributed by atoms with van der Waals surface area (Å²) in [4.78, 5) is 44.5. The number of pyridine rings is 1. The standard InChI is InChI=1S/C32H31N3O5/c36-22-29(23-10-2-1-3-11-23)34-31(39)27-15-6-4-13-25(27)26-14-5-7-16-28(26)32(40)35(21-18-30(37)38)20-17-24-12-8-9-19-33-24/h1-16,19,29,36H,17-18,20-22H2,(H,34,39)(H,37,38)/t29-/m1/s1. The second kappa shape index (κ2) is 13.8. The number of hydrogen-bond donors (Lipinski definition) is 3. The van der Waals surface area contributed by atoms with Crippen LogP contribution < -0.4 is 5.32 Å². The molecular formula is C32H31N3O5. The third-order valence-corrected chi connectivity index (χ3v) is 6.56. The highest BCUT2D eigenvalue weighted by Crippen LogP contribution is 2.29. The maximum absolute atomic E-state index is 13.8. The van der Waals surface area contributed by atoms with Crippen molar-refractivity contribution < 1.29 is 24.6 Å². The Morgan fingerprint density at radius 2 is 1.40 bits per heavy atom. The molecule has 3 N–H and O–H groups in total. The van der Waals surface area contributed by atoms with Gasteiger partial charge in [0.05, 0.1) is 19.1 Å². The highest BCUT2D eigenvalue weighted by atomic mass is 16.4. The van der Waals surface area contributed by atoms with Gasteiger partial charge in [0.15, 0.2) is 0 Å². The van der Waals surface area contributed by atoms with Gasteiger partial charge in [0.1, 0.15) is 0 Å². The van der Waals surface area contributed by atoms with Crippen LogP contribution in [0.15, 0.2) is 103 Å². The van der Waals surface area contributed by atoms with Crippen LogP contribution in [0.1, 0.15) is 44.4 Å². The molecule has 0 aliphatic carbocycles. The van der Waals surface area contributed by atoms with Crippen molar-refractivity contribution in [2.75, 3.05) is 19.7 Å². The quantitative estimate of drug-likeness (QED) is 0.247. The summed E-state index contributed by atoms with van der Waals surface area (Å²) in [5.41, 5.74) is 3.38. The van der Waals surface area contributed by atoms with Gasteiger partial charge in [-0.25, -0.2) is 0 Å². The fourth-order valence-corrected chi connectivity index (χ4v) is 4.49. The SMILES string of the molecule is O=C(O)CCN(CCc1ccccn1)C(=O)c1ccccc1-c1ccccc1C(=O)N[C@H](CO)c1ccccc1. The molecule has 0 spiro atoms. The lowest BCUT2D eigenvalue weighted by Gasteiger charge is -2.24. The van der Waals surface area contributed by atoms with Gasteiger partial charge in [0.2, 0.25) is 0 Å². The van der Waals surface area contributed by atoms with E-state index < -0.39 is 17.9 Å². The Balaban J connectivity index is 1.64. The van der Waals surface area contributed by atoms with Crippen molar-refractivity contribution in [3.8, 4) is 11.1 Å². The maximum atomic E-state index is 13.8. The summed E-state index contributed by atoms with van der Waals surface area (Å²) < 4.78 is 0. The molecule has 0 fully saturated rings. The molecule has 8 nitrogen and oxygen atoms in total. The van der Waals surface area contributed by atoms with Gasteiger partial charge in [0, 0.05) is 42.5 Å². The van der Waals surface area contributed by atoms with Crippen molar-refractivity contribution in [1.29, 1.82) is 0 Å². The summed E-state index contributed by atoms with van der Waals surface area (Å²) in [5.74, 6) is -1.72. The van der Waals surface area contributed by atoms with Gasteiger partial charge in [-0.05, 0) is 41.0 Å². The molecule has 1 atom stereocenters. The fourth-order valence-electron chi connectivity index (χ4n) is 4.49. The lowest BCUT2D eigenvalue weighted by Crippen LogP contribution is -2.35. The zero-order valence-electron chi connectivity index (χ0n) is 21.9. The highest BCUT2D eigenvalue weighted by Gasteiger charge is 2.23. The number of hydrogen-bond acceptors (Lipinski definition) is 5. The molecule has 0 saturated carbocycles. The molecule has 40 heavy (non-hydrogen) atoms. The summed E-state index contributed by atoms with van der Waals surface area (Å²) in [6.45, 7) is 0.0450. The number of nitrogens with zero attached hydrogens (tertiary/aromatic N) is 2. The molecule has 8 heteroatoms. The van der Waals surface area contributed by atoms with Crippen molar-refractivity contribution in [3.63, 3.8) is 0 Å². The third kappa shape index (κ3) is 7.18. The lowest BCUT2D eigenvalue weighted by molar-refractivity contribution is -0.137. The number of nitrogens with one attached hydrogen (secondary N) is 1. The average molecular weight is 538 g/mol. The van der Waals surface area contributed by atoms with E-state index in [0.29, 0.717) is 28.7 Å². The first-order valence-electron chi connectivity index (χ1n) is 13.0. The Kier molecular flexibility index (Phi) is 9.74. The minimum absolute atomic E-state index is 0.0344. The number of rotatable bonds is 12. The van der Waals surface area contributed by atoms with Gasteiger partial charge in [-0.2, -0.15) is 0 Å². The first-order chi connectivity index (χ1) is 19.5. The second-order valence-corrected chi connectivity index (χ2v) is 9.22. The van der Waals surface area contributed by atoms with E-state index >= 15 is 0 Å². The first-order valence-corrected chi connectivity index (χ1v) is 13.0. The summed E-state index contributed by atoms with van der Waals surface area (Å²) in [5, 5.41) is 22.1. The second-order valence-electron chi connectivity index (χ2n) is 9.22. The molecule has 204 valence electrons. The molecular weight excluding hydrogens is 506 g/mol. The summed E-state index contributed by atoms with van der Waals surface area (Å²) in [7, 11) is 0. The monoisotopic (exact) mass is 537 g/mol. The van der Waals surface area contributed by atoms with E-state index in [1.165, 1.54) is 4.90 Å². The molecule has 0 aliphatic heterocycles. The van der Waals surface area contributed by atoms with Crippen LogP contribution in [0, 0.1) is 0 Å². The molecule has 2 amide bonds. The number of aromatic nitrogens is 1. The predicted octanol–water partition coefficient (Wildman–Crippen LogP) is 4.37. The van der Waals surface area contributed by atoms with E-state index in [2.05, 4.69) is 10.3 Å². The van der Waals surface area contributed by atoms with Crippen LogP contribution >= 0.6 is 0 Å². The molecule has 0 saturated heterocycles. The number of carbonyl (C=O) groups excluding carboxylic acids is 2. The molecule has 1 aromatic heterocycles. The fraction of sp³-hybridized carbons (Fsp3) is 0.188. The molecule has 0 bridgehead atoms. The minimum atomic E-state index is -0.997. The van der Waals surface area contributed by atoms with E-state index in [4.69, 9.17) is 0 Å². The Bertz CT molecular complexity index is 1440. The number of carboxylic acids is 1. The predicted molar refractivity (Wildman–Crippen MR) is 152 cm³/mol. The van der Waals surface area contributed by atoms with Crippen molar-refractivity contribution in [3.05, 3.63) is 126 Å². The van der Waals surface area contributed by atoms with Crippen LogP contribution in [-0.2, 0) is 11.2 Å². The number of carboxylic acid groups (broad SMARTS) is 1. The summed E-state index contributed by atoms with van der Waals surface area (Å²) in [6, 6.07) is 28.1. The van der Waals surface area contributed by atoms with E-state index in [1.807, 2.05) is 48.5 Å². The normalized spacial score (nSPS) is 11.4. The molecule has 1 heterocycles. The third-order valence-electron chi connectivity index (χ3n) is 6.56. The van der Waals surface area contributed by atoms with E-state index in [1.54, 1.807) is 54.7 Å². The zero-order chi connectivity index (χ0) is 28.3. The molecule has 4 rings (SSSR count). The Hall–Kier alpha value is -4.82. The van der Waals surface area contributed by atoms with Crippen molar-refractivity contribution in [2.24, 2.45) is 0 Å². The Morgan fingerprint density at radius 1 is 0.775 bits per heavy atom. The molecule has 3 aromatic carbocycles. The highest BCUT2D eigenvalue weighted by molar-refractivity contribution is 6.06. The van der Waals surface area contributed by atoms with Crippen LogP contribution in [0.5, 0.6) is 0 Å². The lowest BCUT2D eigenvalue weighted by atomic mass is 9.94. The smallest absolute Gasteiger partial charge is 0.305 e. The summed E-state index contributed by atoms with van der Waals surface area (Å²) >= 11 is 0. The number of aliphatic hydroxyl groups is 1. The van der Waals surface area contributed by atoms with Gasteiger partial charge >= 0.3 is 5.97 Å². The largest absolute Gasteiger partial charge is 0.481 e. The van der Waals surface area contributed by atoms with Gasteiger partial charge in [0.25, 0.3) is 11.8 Å². The number of carbonyl (C=O) groups is 3. The number of benzene rings is 3. The first kappa shape index (κ1) is 28.2. The van der Waals surface area contributed by atoms with Crippen LogP contribution in [-0.4, -0.2) is 57.6 Å². The molecule has 0 aliphatic rings. The van der Waals surface area contributed by atoms with Gasteiger partial charge in [-0.3, -0.25) is 19.4 Å². The van der Waals surface area contributed by atoms with E-state index in [-0.39, 0.29) is 32.0 Å². The van der Waals surface area contributed by atoms with Crippen LogP contribution in [0.2, 0.25) is 0 Å². The maximum Gasteiger partial charge on any atom is 0.305 e. The average Bonchev–Trinajstić information content (AvgIpc) is 3.00. The summed E-state index contributed by atoms with van der Waals surface area (Å²) in [6.07, 6.45) is 1.95. The molecule has 0 unspecified atom stereocenters. The Morgan fingerprint density at radius 3 is 2.05 bits per heavy atom. The van der Waals surface area contributed by atoms with E-state index in [0.717, 1.165) is 11.3 Å². The van der Waals surface area contributed by atoms with Gasteiger partial charge in [-0.1, -0.05) is 72.8 Å². The number of aliphatic carboxylic acids is 1. The van der Waals surface area contributed by atoms with Crippen molar-refractivity contribution in [2.45, 2.75) is 18.9 Å². The number of aliphatic hydroxyl groups excluding tert-OH is 1. The van der Waals surface area contributed by atoms with E-state index in [9.17, 15) is 24.6 Å². The van der Waals surface area contributed by atoms with Crippen LogP contribution in [0.25, 0.3) is 11.1 Å². The zero-order valence-corrected chi connectivity index (χ0v) is 21.9. The van der Waals surface area contributed by atoms with Crippen LogP contribution in [0.4, 0.5) is 0 Å². The van der Waals surface area contributed by atoms with Gasteiger partial charge in [-0.15, -0.1) is 0 Å². The van der Waals surface area contributed by atoms with Gasteiger partial charge < -0.3 is 20.4 Å². The number of amides is 2.